The van der Waals surface area contributed by atoms with Gasteiger partial charge in [-0.3, -0.25) is 14.7 Å². The van der Waals surface area contributed by atoms with Gasteiger partial charge in [0.2, 0.25) is 5.91 Å². The molecule has 0 spiro atoms. The molecule has 1 atom stereocenters. The van der Waals surface area contributed by atoms with Crippen LogP contribution in [0.4, 0.5) is 4.79 Å². The number of rotatable bonds is 6. The van der Waals surface area contributed by atoms with Crippen molar-refractivity contribution in [1.29, 1.82) is 0 Å². The van der Waals surface area contributed by atoms with Crippen LogP contribution in [0.3, 0.4) is 0 Å². The molecule has 3 aromatic rings. The molecule has 9 heteroatoms. The summed E-state index contributed by atoms with van der Waals surface area (Å²) in [7, 11) is 0. The van der Waals surface area contributed by atoms with Crippen LogP contribution in [0.2, 0.25) is 0 Å². The summed E-state index contributed by atoms with van der Waals surface area (Å²) in [4.78, 5) is 27.2. The maximum Gasteiger partial charge on any atom is 0.321 e. The van der Waals surface area contributed by atoms with Crippen LogP contribution >= 0.6 is 11.8 Å². The molecule has 1 fully saturated rings. The van der Waals surface area contributed by atoms with Gasteiger partial charge in [0.05, 0.1) is 5.25 Å². The fourth-order valence-electron chi connectivity index (χ4n) is 3.09. The Kier molecular flexibility index (Phi) is 5.08. The van der Waals surface area contributed by atoms with E-state index < -0.39 is 11.3 Å². The second-order valence-corrected chi connectivity index (χ2v) is 8.07. The van der Waals surface area contributed by atoms with E-state index >= 15 is 0 Å². The molecule has 28 heavy (non-hydrogen) atoms. The van der Waals surface area contributed by atoms with Crippen LogP contribution in [0.25, 0.3) is 22.3 Å². The molecule has 4 rings (SSSR count). The summed E-state index contributed by atoms with van der Waals surface area (Å²) in [6.07, 6.45) is 4.09. The highest BCUT2D eigenvalue weighted by atomic mass is 32.2. The number of aromatic amines is 1. The van der Waals surface area contributed by atoms with Gasteiger partial charge in [0.25, 0.3) is 0 Å². The molecule has 0 aliphatic heterocycles. The van der Waals surface area contributed by atoms with Crippen molar-refractivity contribution in [2.24, 2.45) is 0 Å². The van der Waals surface area contributed by atoms with E-state index in [2.05, 4.69) is 36.4 Å². The van der Waals surface area contributed by atoms with Gasteiger partial charge < -0.3 is 10.3 Å². The number of H-pyrrole nitrogens is 1. The zero-order valence-electron chi connectivity index (χ0n) is 15.7. The lowest BCUT2D eigenvalue weighted by Gasteiger charge is -2.13. The topological polar surface area (TPSA) is 105 Å². The predicted octanol–water partition coefficient (Wildman–Crippen LogP) is 3.09. The molecule has 8 nitrogen and oxygen atoms in total. The number of hydrogen-bond donors (Lipinski definition) is 3. The minimum atomic E-state index is -0.483. The van der Waals surface area contributed by atoms with Crippen molar-refractivity contribution >= 4 is 34.6 Å². The third-order valence-corrected chi connectivity index (χ3v) is 5.69. The number of fused-ring (bicyclic) bond motifs is 1. The smallest absolute Gasteiger partial charge is 0.321 e. The second-order valence-electron chi connectivity index (χ2n) is 6.76. The summed E-state index contributed by atoms with van der Waals surface area (Å²) in [6.45, 7) is 4.02. The number of para-hydroxylation sites is 1. The van der Waals surface area contributed by atoms with Crippen LogP contribution in [0, 0.1) is 0 Å². The van der Waals surface area contributed by atoms with Gasteiger partial charge >= 0.3 is 6.03 Å². The number of carbonyl (C=O) groups excluding carboxylic acids is 2. The van der Waals surface area contributed by atoms with Gasteiger partial charge in [-0.2, -0.15) is 0 Å². The highest BCUT2D eigenvalue weighted by Gasteiger charge is 2.32. The highest BCUT2D eigenvalue weighted by Crippen LogP contribution is 2.42. The van der Waals surface area contributed by atoms with Crippen LogP contribution in [0.15, 0.2) is 35.6 Å². The van der Waals surface area contributed by atoms with E-state index in [9.17, 15) is 9.59 Å². The maximum absolute atomic E-state index is 12.3. The first-order valence-electron chi connectivity index (χ1n) is 9.35. The largest absolute Gasteiger partial charge is 0.360 e. The van der Waals surface area contributed by atoms with E-state index in [0.29, 0.717) is 17.7 Å². The number of aromatic nitrogens is 4. The first-order chi connectivity index (χ1) is 13.6. The fraction of sp³-hybridized carbons (Fsp3) is 0.368. The van der Waals surface area contributed by atoms with Gasteiger partial charge in [-0.05, 0) is 32.8 Å². The molecule has 0 unspecified atom stereocenters. The highest BCUT2D eigenvalue weighted by molar-refractivity contribution is 8.00. The molecule has 2 aromatic heterocycles. The molecule has 3 amide bonds. The molecule has 0 radical (unpaired) electrons. The zero-order valence-corrected chi connectivity index (χ0v) is 16.5. The average Bonchev–Trinajstić information content (AvgIpc) is 3.29. The molecule has 146 valence electrons. The zero-order chi connectivity index (χ0) is 19.7. The van der Waals surface area contributed by atoms with Crippen LogP contribution in [-0.2, 0) is 4.79 Å². The number of hydrogen-bond acceptors (Lipinski definition) is 5. The van der Waals surface area contributed by atoms with E-state index in [4.69, 9.17) is 0 Å². The molecule has 1 aliphatic rings. The number of imide groups is 1. The van der Waals surface area contributed by atoms with Crippen molar-refractivity contribution in [2.45, 2.75) is 43.1 Å². The minimum absolute atomic E-state index is 0.347. The summed E-state index contributed by atoms with van der Waals surface area (Å²) in [5, 5.41) is 15.0. The minimum Gasteiger partial charge on any atom is -0.360 e. The molecule has 3 N–H and O–H groups in total. The molecular weight excluding hydrogens is 376 g/mol. The Morgan fingerprint density at radius 3 is 2.86 bits per heavy atom. The lowest BCUT2D eigenvalue weighted by atomic mass is 10.1. The van der Waals surface area contributed by atoms with Crippen LogP contribution < -0.4 is 10.6 Å². The van der Waals surface area contributed by atoms with Crippen molar-refractivity contribution in [3.8, 4) is 11.4 Å². The van der Waals surface area contributed by atoms with Crippen molar-refractivity contribution in [3.05, 3.63) is 30.5 Å². The van der Waals surface area contributed by atoms with Crippen molar-refractivity contribution < 1.29 is 9.59 Å². The number of amides is 3. The fourth-order valence-corrected chi connectivity index (χ4v) is 4.01. The molecular formula is C19H22N6O2S. The van der Waals surface area contributed by atoms with Crippen LogP contribution in [0.5, 0.6) is 0 Å². The molecule has 2 heterocycles. The Bertz CT molecular complexity index is 1020. The predicted molar refractivity (Wildman–Crippen MR) is 108 cm³/mol. The average molecular weight is 398 g/mol. The van der Waals surface area contributed by atoms with Crippen molar-refractivity contribution in [2.75, 3.05) is 6.54 Å². The van der Waals surface area contributed by atoms with Gasteiger partial charge in [0.1, 0.15) is 0 Å². The Labute approximate surface area is 166 Å². The molecule has 0 bridgehead atoms. The Balaban J connectivity index is 1.59. The van der Waals surface area contributed by atoms with E-state index in [1.807, 2.05) is 24.4 Å². The van der Waals surface area contributed by atoms with Gasteiger partial charge in [0, 0.05) is 35.2 Å². The van der Waals surface area contributed by atoms with Gasteiger partial charge in [0.15, 0.2) is 11.0 Å². The standard InChI is InChI=1S/C19H22N6O2S/c1-3-20-18(27)22-17(26)11(2)28-19-24-23-16(25(19)12-8-9-12)14-10-21-15-7-5-4-6-13(14)15/h4-7,10-12,21H,3,8-9H2,1-2H3,(H2,20,22,26,27)/t11-/m0/s1. The number of carbonyl (C=O) groups is 2. The Hall–Kier alpha value is -2.81. The summed E-state index contributed by atoms with van der Waals surface area (Å²) in [6, 6.07) is 7.94. The first-order valence-corrected chi connectivity index (χ1v) is 10.2. The molecule has 0 saturated heterocycles. The number of urea groups is 1. The van der Waals surface area contributed by atoms with Gasteiger partial charge in [-0.1, -0.05) is 30.0 Å². The third-order valence-electron chi connectivity index (χ3n) is 4.63. The van der Waals surface area contributed by atoms with Gasteiger partial charge in [-0.15, -0.1) is 10.2 Å². The molecule has 1 saturated carbocycles. The SMILES string of the molecule is CCNC(=O)NC(=O)[C@H](C)Sc1nnc(-c2c[nH]c3ccccc23)n1C1CC1. The third kappa shape index (κ3) is 3.62. The molecule has 1 aromatic carbocycles. The van der Waals surface area contributed by atoms with Gasteiger partial charge in [-0.25, -0.2) is 4.79 Å². The van der Waals surface area contributed by atoms with Crippen LogP contribution in [-0.4, -0.2) is 43.5 Å². The maximum atomic E-state index is 12.3. The summed E-state index contributed by atoms with van der Waals surface area (Å²) in [5.74, 6) is 0.453. The summed E-state index contributed by atoms with van der Waals surface area (Å²) < 4.78 is 2.12. The lowest BCUT2D eigenvalue weighted by molar-refractivity contribution is -0.119. The van der Waals surface area contributed by atoms with Crippen molar-refractivity contribution in [1.82, 2.24) is 30.4 Å². The van der Waals surface area contributed by atoms with E-state index in [1.165, 1.54) is 11.8 Å². The molecule has 1 aliphatic carbocycles. The second kappa shape index (κ2) is 7.67. The van der Waals surface area contributed by atoms with E-state index in [1.54, 1.807) is 13.8 Å². The first kappa shape index (κ1) is 18.5. The number of nitrogens with one attached hydrogen (secondary N) is 3. The monoisotopic (exact) mass is 398 g/mol. The van der Waals surface area contributed by atoms with Crippen LogP contribution in [0.1, 0.15) is 32.7 Å². The Morgan fingerprint density at radius 1 is 1.32 bits per heavy atom. The quantitative estimate of drug-likeness (QED) is 0.554. The van der Waals surface area contributed by atoms with E-state index in [0.717, 1.165) is 35.1 Å². The summed E-state index contributed by atoms with van der Waals surface area (Å²) >= 11 is 1.32. The van der Waals surface area contributed by atoms with Crippen molar-refractivity contribution in [3.63, 3.8) is 0 Å². The lowest BCUT2D eigenvalue weighted by Crippen LogP contribution is -2.42. The summed E-state index contributed by atoms with van der Waals surface area (Å²) in [5.41, 5.74) is 2.05. The van der Waals surface area contributed by atoms with E-state index in [-0.39, 0.29) is 5.91 Å². The number of nitrogens with zero attached hydrogens (tertiary/aromatic N) is 3. The Morgan fingerprint density at radius 2 is 2.11 bits per heavy atom. The normalized spacial score (nSPS) is 14.8. The number of benzene rings is 1. The number of thioether (sulfide) groups is 1.